The second-order valence-corrected chi connectivity index (χ2v) is 4.26. The molecule has 0 aliphatic carbocycles. The van der Waals surface area contributed by atoms with Crippen LogP contribution >= 0.6 is 11.5 Å². The van der Waals surface area contributed by atoms with E-state index in [0.29, 0.717) is 10.6 Å². The molecule has 0 N–H and O–H groups in total. The minimum atomic E-state index is -0.182. The van der Waals surface area contributed by atoms with Gasteiger partial charge in [0.2, 0.25) is 5.78 Å². The zero-order chi connectivity index (χ0) is 12.4. The highest BCUT2D eigenvalue weighted by molar-refractivity contribution is 7.08. The second-order valence-electron chi connectivity index (χ2n) is 3.48. The molecule has 0 bridgehead atoms. The van der Waals surface area contributed by atoms with Crippen LogP contribution in [0.25, 0.3) is 5.69 Å². The minimum absolute atomic E-state index is 0.182. The van der Waals surface area contributed by atoms with Gasteiger partial charge in [-0.2, -0.15) is 0 Å². The van der Waals surface area contributed by atoms with Crippen LogP contribution in [0, 0.1) is 0 Å². The number of carbonyl (C=O) groups excluding carboxylic acids is 1. The van der Waals surface area contributed by atoms with Crippen molar-refractivity contribution >= 4 is 17.3 Å². The van der Waals surface area contributed by atoms with E-state index < -0.39 is 0 Å². The standard InChI is InChI=1S/C11H7N5OS/c17-11(10-7-13-15-18-10)9-6-12-14-16(9)8-4-2-1-3-5-8/h1-7H. The van der Waals surface area contributed by atoms with Crippen LogP contribution in [0.2, 0.25) is 0 Å². The predicted molar refractivity (Wildman–Crippen MR) is 64.7 cm³/mol. The van der Waals surface area contributed by atoms with Crippen LogP contribution in [0.5, 0.6) is 0 Å². The summed E-state index contributed by atoms with van der Waals surface area (Å²) in [7, 11) is 0. The normalized spacial score (nSPS) is 10.4. The maximum absolute atomic E-state index is 12.2. The third-order valence-electron chi connectivity index (χ3n) is 2.37. The first-order valence-electron chi connectivity index (χ1n) is 5.14. The summed E-state index contributed by atoms with van der Waals surface area (Å²) in [5.41, 5.74) is 1.18. The molecule has 0 unspecified atom stereocenters. The number of aromatic nitrogens is 5. The molecule has 0 saturated carbocycles. The number of para-hydroxylation sites is 1. The van der Waals surface area contributed by atoms with Crippen molar-refractivity contribution in [2.24, 2.45) is 0 Å². The molecule has 88 valence electrons. The van der Waals surface area contributed by atoms with E-state index in [1.165, 1.54) is 17.1 Å². The van der Waals surface area contributed by atoms with Crippen molar-refractivity contribution in [2.45, 2.75) is 0 Å². The van der Waals surface area contributed by atoms with Gasteiger partial charge in [-0.05, 0) is 23.7 Å². The molecule has 0 fully saturated rings. The molecule has 3 aromatic rings. The van der Waals surface area contributed by atoms with Crippen LogP contribution in [-0.4, -0.2) is 30.4 Å². The molecule has 0 aliphatic heterocycles. The average Bonchev–Trinajstić information content (AvgIpc) is 3.10. The Hall–Kier alpha value is -2.41. The van der Waals surface area contributed by atoms with Gasteiger partial charge < -0.3 is 0 Å². The van der Waals surface area contributed by atoms with Crippen molar-refractivity contribution in [3.8, 4) is 5.69 Å². The van der Waals surface area contributed by atoms with Crippen molar-refractivity contribution in [1.29, 1.82) is 0 Å². The number of ketones is 1. The Morgan fingerprint density at radius 1 is 1.11 bits per heavy atom. The Bertz CT molecular complexity index is 662. The molecule has 0 radical (unpaired) electrons. The summed E-state index contributed by atoms with van der Waals surface area (Å²) < 4.78 is 5.18. The summed E-state index contributed by atoms with van der Waals surface area (Å²) >= 11 is 1.05. The van der Waals surface area contributed by atoms with Gasteiger partial charge in [0.05, 0.1) is 18.1 Å². The van der Waals surface area contributed by atoms with Gasteiger partial charge in [0.1, 0.15) is 10.6 Å². The highest BCUT2D eigenvalue weighted by Crippen LogP contribution is 2.14. The lowest BCUT2D eigenvalue weighted by molar-refractivity contribution is 0.103. The summed E-state index contributed by atoms with van der Waals surface area (Å²) in [6, 6.07) is 9.36. The molecule has 7 heteroatoms. The molecular formula is C11H7N5OS. The molecule has 0 atom stereocenters. The summed E-state index contributed by atoms with van der Waals surface area (Å²) in [4.78, 5) is 12.7. The van der Waals surface area contributed by atoms with Gasteiger partial charge in [0, 0.05) is 0 Å². The Labute approximate surface area is 106 Å². The summed E-state index contributed by atoms with van der Waals surface area (Å²) in [6.07, 6.45) is 2.88. The zero-order valence-corrected chi connectivity index (χ0v) is 9.91. The summed E-state index contributed by atoms with van der Waals surface area (Å²) in [6.45, 7) is 0. The van der Waals surface area contributed by atoms with E-state index in [2.05, 4.69) is 19.9 Å². The number of rotatable bonds is 3. The van der Waals surface area contributed by atoms with Crippen molar-refractivity contribution in [3.63, 3.8) is 0 Å². The summed E-state index contributed by atoms with van der Waals surface area (Å²) in [5.74, 6) is -0.182. The van der Waals surface area contributed by atoms with E-state index in [9.17, 15) is 4.79 Å². The van der Waals surface area contributed by atoms with Crippen LogP contribution in [0.1, 0.15) is 15.4 Å². The maximum Gasteiger partial charge on any atom is 0.226 e. The van der Waals surface area contributed by atoms with Gasteiger partial charge in [-0.3, -0.25) is 4.79 Å². The lowest BCUT2D eigenvalue weighted by atomic mass is 10.2. The molecule has 2 aromatic heterocycles. The predicted octanol–water partition coefficient (Wildman–Crippen LogP) is 1.35. The van der Waals surface area contributed by atoms with Crippen LogP contribution in [-0.2, 0) is 0 Å². The van der Waals surface area contributed by atoms with E-state index >= 15 is 0 Å². The fourth-order valence-electron chi connectivity index (χ4n) is 1.54. The summed E-state index contributed by atoms with van der Waals surface area (Å²) in [5, 5.41) is 11.4. The fraction of sp³-hybridized carbons (Fsp3) is 0. The van der Waals surface area contributed by atoms with Gasteiger partial charge in [-0.25, -0.2) is 4.68 Å². The molecule has 3 rings (SSSR count). The molecule has 1 aromatic carbocycles. The van der Waals surface area contributed by atoms with Gasteiger partial charge >= 0.3 is 0 Å². The van der Waals surface area contributed by atoms with E-state index in [-0.39, 0.29) is 5.78 Å². The highest BCUT2D eigenvalue weighted by atomic mass is 32.1. The maximum atomic E-state index is 12.2. The molecule has 0 aliphatic rings. The monoisotopic (exact) mass is 257 g/mol. The quantitative estimate of drug-likeness (QED) is 0.662. The Morgan fingerprint density at radius 3 is 2.67 bits per heavy atom. The highest BCUT2D eigenvalue weighted by Gasteiger charge is 2.18. The number of hydrogen-bond donors (Lipinski definition) is 0. The fourth-order valence-corrected chi connectivity index (χ4v) is 2.01. The van der Waals surface area contributed by atoms with Crippen molar-refractivity contribution < 1.29 is 4.79 Å². The SMILES string of the molecule is O=C(c1cnns1)c1cnnn1-c1ccccc1. The first-order valence-corrected chi connectivity index (χ1v) is 5.92. The second kappa shape index (κ2) is 4.46. The molecular weight excluding hydrogens is 250 g/mol. The Morgan fingerprint density at radius 2 is 1.94 bits per heavy atom. The zero-order valence-electron chi connectivity index (χ0n) is 9.09. The van der Waals surface area contributed by atoms with Gasteiger partial charge in [0.25, 0.3) is 0 Å². The van der Waals surface area contributed by atoms with E-state index in [1.54, 1.807) is 0 Å². The number of hydrogen-bond acceptors (Lipinski definition) is 6. The molecule has 0 amide bonds. The molecule has 6 nitrogen and oxygen atoms in total. The van der Waals surface area contributed by atoms with Crippen LogP contribution in [0.4, 0.5) is 0 Å². The Balaban J connectivity index is 2.05. The van der Waals surface area contributed by atoms with Crippen molar-refractivity contribution in [2.75, 3.05) is 0 Å². The minimum Gasteiger partial charge on any atom is -0.286 e. The number of nitrogens with zero attached hydrogens (tertiary/aromatic N) is 5. The third-order valence-corrected chi connectivity index (χ3v) is 3.03. The van der Waals surface area contributed by atoms with Gasteiger partial charge in [-0.1, -0.05) is 27.9 Å². The lowest BCUT2D eigenvalue weighted by Crippen LogP contribution is -2.08. The topological polar surface area (TPSA) is 73.6 Å². The Kier molecular flexibility index (Phi) is 2.66. The molecule has 2 heterocycles. The first kappa shape index (κ1) is 10.7. The smallest absolute Gasteiger partial charge is 0.226 e. The van der Waals surface area contributed by atoms with E-state index in [0.717, 1.165) is 17.2 Å². The van der Waals surface area contributed by atoms with Gasteiger partial charge in [-0.15, -0.1) is 10.2 Å². The largest absolute Gasteiger partial charge is 0.286 e. The molecule has 0 spiro atoms. The number of benzene rings is 1. The first-order chi connectivity index (χ1) is 8.86. The van der Waals surface area contributed by atoms with Crippen LogP contribution < -0.4 is 0 Å². The van der Waals surface area contributed by atoms with E-state index in [4.69, 9.17) is 0 Å². The molecule has 18 heavy (non-hydrogen) atoms. The lowest BCUT2D eigenvalue weighted by Gasteiger charge is -2.03. The van der Waals surface area contributed by atoms with E-state index in [1.807, 2.05) is 30.3 Å². The number of carbonyl (C=O) groups is 1. The van der Waals surface area contributed by atoms with Crippen LogP contribution in [0.15, 0.2) is 42.7 Å². The third kappa shape index (κ3) is 1.80. The van der Waals surface area contributed by atoms with Gasteiger partial charge in [0.15, 0.2) is 0 Å². The molecule has 0 saturated heterocycles. The van der Waals surface area contributed by atoms with Crippen molar-refractivity contribution in [1.82, 2.24) is 24.6 Å². The van der Waals surface area contributed by atoms with Crippen LogP contribution in [0.3, 0.4) is 0 Å². The van der Waals surface area contributed by atoms with Crippen molar-refractivity contribution in [3.05, 3.63) is 53.3 Å². The average molecular weight is 257 g/mol.